The quantitative estimate of drug-likeness (QED) is 0.850. The first-order valence-corrected chi connectivity index (χ1v) is 8.82. The molecule has 2 heterocycles. The monoisotopic (exact) mass is 366 g/mol. The van der Waals surface area contributed by atoms with Crippen LogP contribution in [0.15, 0.2) is 29.1 Å². The highest BCUT2D eigenvalue weighted by Crippen LogP contribution is 2.19. The summed E-state index contributed by atoms with van der Waals surface area (Å²) in [4.78, 5) is 16.7. The van der Waals surface area contributed by atoms with Crippen molar-refractivity contribution in [2.75, 3.05) is 20.3 Å². The largest absolute Gasteiger partial charge is 0.494 e. The highest BCUT2D eigenvalue weighted by molar-refractivity contribution is 7.07. The molecule has 3 rings (SSSR count). The molecule has 1 N–H and O–H groups in total. The maximum absolute atomic E-state index is 13.5. The highest BCUT2D eigenvalue weighted by Gasteiger charge is 2.28. The first-order chi connectivity index (χ1) is 12.2. The number of nitrogens with one attached hydrogen (secondary N) is 1. The van der Waals surface area contributed by atoms with Gasteiger partial charge in [0.15, 0.2) is 11.6 Å². The predicted molar refractivity (Wildman–Crippen MR) is 90.3 cm³/mol. The summed E-state index contributed by atoms with van der Waals surface area (Å²) < 4.78 is 29.7. The van der Waals surface area contributed by atoms with E-state index in [9.17, 15) is 9.18 Å². The van der Waals surface area contributed by atoms with Gasteiger partial charge in [0.2, 0.25) is 0 Å². The molecule has 2 aromatic rings. The molecule has 25 heavy (non-hydrogen) atoms. The number of ether oxygens (including phenoxy) is 3. The fourth-order valence-corrected chi connectivity index (χ4v) is 3.14. The fraction of sp³-hybridized carbons (Fsp3) is 0.412. The summed E-state index contributed by atoms with van der Waals surface area (Å²) in [5, 5.41) is 4.87. The van der Waals surface area contributed by atoms with Crippen molar-refractivity contribution in [3.05, 3.63) is 46.2 Å². The molecule has 0 spiro atoms. The van der Waals surface area contributed by atoms with Crippen LogP contribution in [0.1, 0.15) is 22.5 Å². The summed E-state index contributed by atoms with van der Waals surface area (Å²) in [6.07, 6.45) is 0.382. The van der Waals surface area contributed by atoms with Crippen LogP contribution in [-0.2, 0) is 16.1 Å². The number of hydrogen-bond acceptors (Lipinski definition) is 6. The lowest BCUT2D eigenvalue weighted by Gasteiger charge is -2.32. The van der Waals surface area contributed by atoms with Crippen LogP contribution in [0.25, 0.3) is 0 Å². The Kier molecular flexibility index (Phi) is 5.95. The molecule has 0 radical (unpaired) electrons. The molecule has 0 bridgehead atoms. The third-order valence-electron chi connectivity index (χ3n) is 3.96. The number of hydrogen-bond donors (Lipinski definition) is 1. The highest BCUT2D eigenvalue weighted by atomic mass is 32.1. The van der Waals surface area contributed by atoms with E-state index in [0.29, 0.717) is 31.8 Å². The van der Waals surface area contributed by atoms with E-state index in [2.05, 4.69) is 10.3 Å². The maximum atomic E-state index is 13.5. The van der Waals surface area contributed by atoms with Gasteiger partial charge in [-0.05, 0) is 24.6 Å². The number of rotatable bonds is 6. The van der Waals surface area contributed by atoms with Crippen LogP contribution < -0.4 is 10.1 Å². The Balaban J connectivity index is 1.63. The third kappa shape index (κ3) is 4.53. The fourth-order valence-electron chi connectivity index (χ4n) is 2.60. The van der Waals surface area contributed by atoms with Gasteiger partial charge < -0.3 is 19.5 Å². The first-order valence-electron chi connectivity index (χ1n) is 7.88. The van der Waals surface area contributed by atoms with Crippen molar-refractivity contribution in [1.29, 1.82) is 0 Å². The van der Waals surface area contributed by atoms with Crippen molar-refractivity contribution >= 4 is 17.2 Å². The van der Waals surface area contributed by atoms with Crippen LogP contribution in [0.4, 0.5) is 4.39 Å². The lowest BCUT2D eigenvalue weighted by molar-refractivity contribution is -0.0742. The van der Waals surface area contributed by atoms with E-state index in [0.717, 1.165) is 5.69 Å². The third-order valence-corrected chi connectivity index (χ3v) is 4.60. The number of methoxy groups -OCH3 is 1. The number of nitrogens with zero attached hydrogens (tertiary/aromatic N) is 1. The minimum atomic E-state index is -0.505. The van der Waals surface area contributed by atoms with E-state index >= 15 is 0 Å². The Bertz CT molecular complexity index is 711. The van der Waals surface area contributed by atoms with Crippen LogP contribution in [-0.4, -0.2) is 43.4 Å². The van der Waals surface area contributed by atoms with Crippen LogP contribution in [0.2, 0.25) is 0 Å². The van der Waals surface area contributed by atoms with Gasteiger partial charge in [0.1, 0.15) is 6.10 Å². The molecule has 1 amide bonds. The second-order valence-electron chi connectivity index (χ2n) is 5.62. The smallest absolute Gasteiger partial charge is 0.251 e. The molecule has 0 aliphatic carbocycles. The number of aromatic nitrogens is 1. The topological polar surface area (TPSA) is 69.7 Å². The SMILES string of the molecule is COc1cc(C(=O)N[C@@H]2CCOC[C@H]2OCc2cscn2)ccc1F. The average Bonchev–Trinajstić information content (AvgIpc) is 3.15. The van der Waals surface area contributed by atoms with E-state index in [1.165, 1.54) is 36.6 Å². The van der Waals surface area contributed by atoms with Crippen molar-refractivity contribution in [3.63, 3.8) is 0 Å². The van der Waals surface area contributed by atoms with Gasteiger partial charge in [-0.2, -0.15) is 0 Å². The second-order valence-corrected chi connectivity index (χ2v) is 6.34. The molecule has 134 valence electrons. The number of amides is 1. The maximum Gasteiger partial charge on any atom is 0.251 e. The summed E-state index contributed by atoms with van der Waals surface area (Å²) in [6.45, 7) is 1.32. The number of thiazole rings is 1. The average molecular weight is 366 g/mol. The zero-order chi connectivity index (χ0) is 17.6. The van der Waals surface area contributed by atoms with Crippen LogP contribution in [0.5, 0.6) is 5.75 Å². The molecule has 8 heteroatoms. The lowest BCUT2D eigenvalue weighted by atomic mass is 10.0. The van der Waals surface area contributed by atoms with Gasteiger partial charge >= 0.3 is 0 Å². The van der Waals surface area contributed by atoms with Gasteiger partial charge in [-0.15, -0.1) is 11.3 Å². The minimum absolute atomic E-state index is 0.0379. The zero-order valence-corrected chi connectivity index (χ0v) is 14.6. The summed E-state index contributed by atoms with van der Waals surface area (Å²) >= 11 is 1.50. The Labute approximate surface area is 148 Å². The van der Waals surface area contributed by atoms with E-state index in [1.807, 2.05) is 5.38 Å². The summed E-state index contributed by atoms with van der Waals surface area (Å²) in [7, 11) is 1.36. The Morgan fingerprint density at radius 1 is 1.52 bits per heavy atom. The van der Waals surface area contributed by atoms with E-state index < -0.39 is 5.82 Å². The lowest BCUT2D eigenvalue weighted by Crippen LogP contribution is -2.50. The number of halogens is 1. The van der Waals surface area contributed by atoms with Gasteiger partial charge in [-0.25, -0.2) is 9.37 Å². The van der Waals surface area contributed by atoms with Crippen LogP contribution in [0, 0.1) is 5.82 Å². The molecule has 1 aromatic heterocycles. The molecule has 1 aliphatic rings. The molecule has 0 saturated carbocycles. The standard InChI is InChI=1S/C17H19FN2O4S/c1-22-15-6-11(2-3-13(15)18)17(21)20-14-4-5-23-8-16(14)24-7-12-9-25-10-19-12/h2-3,6,9-10,14,16H,4-5,7-8H2,1H3,(H,20,21)/t14-,16-/m1/s1. The zero-order valence-electron chi connectivity index (χ0n) is 13.7. The van der Waals surface area contributed by atoms with Crippen molar-refractivity contribution in [2.24, 2.45) is 0 Å². The van der Waals surface area contributed by atoms with Gasteiger partial charge in [0.05, 0.1) is 37.6 Å². The van der Waals surface area contributed by atoms with Crippen LogP contribution >= 0.6 is 11.3 Å². The molecule has 0 unspecified atom stereocenters. The Morgan fingerprint density at radius 3 is 3.16 bits per heavy atom. The second kappa shape index (κ2) is 8.37. The van der Waals surface area contributed by atoms with Crippen molar-refractivity contribution < 1.29 is 23.4 Å². The van der Waals surface area contributed by atoms with Gasteiger partial charge in [0.25, 0.3) is 5.91 Å². The van der Waals surface area contributed by atoms with Gasteiger partial charge in [-0.3, -0.25) is 4.79 Å². The molecular formula is C17H19FN2O4S. The molecule has 1 saturated heterocycles. The summed E-state index contributed by atoms with van der Waals surface area (Å²) in [6, 6.07) is 3.84. The van der Waals surface area contributed by atoms with Crippen molar-refractivity contribution in [2.45, 2.75) is 25.2 Å². The molecular weight excluding hydrogens is 347 g/mol. The van der Waals surface area contributed by atoms with E-state index in [4.69, 9.17) is 14.2 Å². The molecule has 1 aliphatic heterocycles. The molecule has 1 fully saturated rings. The molecule has 2 atom stereocenters. The normalized spacial score (nSPS) is 20.2. The Hall–Kier alpha value is -2.03. The minimum Gasteiger partial charge on any atom is -0.494 e. The molecule has 1 aromatic carbocycles. The number of benzene rings is 1. The summed E-state index contributed by atoms with van der Waals surface area (Å²) in [5.41, 5.74) is 2.93. The number of carbonyl (C=O) groups is 1. The van der Waals surface area contributed by atoms with Crippen molar-refractivity contribution in [1.82, 2.24) is 10.3 Å². The Morgan fingerprint density at radius 2 is 2.40 bits per heavy atom. The molecule has 6 nitrogen and oxygen atoms in total. The van der Waals surface area contributed by atoms with Gasteiger partial charge in [-0.1, -0.05) is 0 Å². The van der Waals surface area contributed by atoms with E-state index in [1.54, 1.807) is 5.51 Å². The predicted octanol–water partition coefficient (Wildman–Crippen LogP) is 2.39. The number of carbonyl (C=O) groups excluding carboxylic acids is 1. The van der Waals surface area contributed by atoms with Gasteiger partial charge in [0, 0.05) is 17.6 Å². The first kappa shape index (κ1) is 17.8. The van der Waals surface area contributed by atoms with Crippen LogP contribution in [0.3, 0.4) is 0 Å². The van der Waals surface area contributed by atoms with Crippen molar-refractivity contribution in [3.8, 4) is 5.75 Å². The van der Waals surface area contributed by atoms with E-state index in [-0.39, 0.29) is 23.8 Å². The summed E-state index contributed by atoms with van der Waals surface area (Å²) in [5.74, 6) is -0.766.